The smallest absolute Gasteiger partial charge is 0.420 e. The van der Waals surface area contributed by atoms with Crippen molar-refractivity contribution in [2.75, 3.05) is 7.11 Å². The molecule has 2 fully saturated rings. The Morgan fingerprint density at radius 2 is 1.87 bits per heavy atom. The third-order valence-corrected chi connectivity index (χ3v) is 2.73. The summed E-state index contributed by atoms with van der Waals surface area (Å²) < 4.78 is 19.7. The van der Waals surface area contributed by atoms with E-state index in [9.17, 15) is 9.59 Å². The minimum Gasteiger partial charge on any atom is -0.420 e. The fraction of sp³-hybridized carbons (Fsp3) is 0.778. The first-order chi connectivity index (χ1) is 6.96. The highest BCUT2D eigenvalue weighted by Gasteiger charge is 2.58. The van der Waals surface area contributed by atoms with Crippen molar-refractivity contribution in [2.45, 2.75) is 32.3 Å². The minimum atomic E-state index is -0.983. The number of fused-ring (bicyclic) bond motifs is 1. The van der Waals surface area contributed by atoms with E-state index in [0.717, 1.165) is 0 Å². The standard InChI is InChI=1S/C9H12O6/c1-9(2)5(12-3)4-6(14-7(9)10)15-8(11)13-4/h4-6H,1-3H3/t4-,5-,6-/m0/s1. The molecule has 2 aliphatic heterocycles. The third kappa shape index (κ3) is 1.36. The number of carbonyl (C=O) groups excluding carboxylic acids is 2. The number of methoxy groups -OCH3 is 1. The molecule has 0 radical (unpaired) electrons. The van der Waals surface area contributed by atoms with Crippen molar-refractivity contribution in [1.82, 2.24) is 0 Å². The first-order valence-electron chi connectivity index (χ1n) is 4.58. The molecule has 0 saturated carbocycles. The lowest BCUT2D eigenvalue weighted by atomic mass is 9.81. The Balaban J connectivity index is 2.30. The van der Waals surface area contributed by atoms with Gasteiger partial charge < -0.3 is 18.9 Å². The molecule has 0 spiro atoms. The summed E-state index contributed by atoms with van der Waals surface area (Å²) >= 11 is 0. The van der Waals surface area contributed by atoms with Crippen LogP contribution in [0.1, 0.15) is 13.8 Å². The highest BCUT2D eigenvalue weighted by atomic mass is 16.8. The van der Waals surface area contributed by atoms with Crippen molar-refractivity contribution in [1.29, 1.82) is 0 Å². The summed E-state index contributed by atoms with van der Waals surface area (Å²) in [5.74, 6) is -0.464. The molecule has 84 valence electrons. The molecule has 2 rings (SSSR count). The summed E-state index contributed by atoms with van der Waals surface area (Å²) in [6, 6.07) is 0. The number of hydrogen-bond donors (Lipinski definition) is 0. The van der Waals surface area contributed by atoms with Crippen LogP contribution in [0.25, 0.3) is 0 Å². The molecule has 0 unspecified atom stereocenters. The fourth-order valence-corrected chi connectivity index (χ4v) is 1.86. The number of rotatable bonds is 1. The van der Waals surface area contributed by atoms with Crippen LogP contribution in [-0.2, 0) is 23.7 Å². The fourth-order valence-electron chi connectivity index (χ4n) is 1.86. The average Bonchev–Trinajstić information content (AvgIpc) is 2.47. The molecule has 2 aliphatic rings. The molecule has 6 heteroatoms. The zero-order chi connectivity index (χ0) is 11.2. The van der Waals surface area contributed by atoms with Gasteiger partial charge in [0.1, 0.15) is 6.10 Å². The second-order valence-electron chi connectivity index (χ2n) is 4.10. The van der Waals surface area contributed by atoms with E-state index < -0.39 is 36.0 Å². The summed E-state index contributed by atoms with van der Waals surface area (Å²) in [5.41, 5.74) is -0.857. The van der Waals surface area contributed by atoms with Crippen molar-refractivity contribution >= 4 is 12.1 Å². The predicted octanol–water partition coefficient (Wildman–Crippen LogP) is 0.446. The van der Waals surface area contributed by atoms with Crippen LogP contribution in [0.2, 0.25) is 0 Å². The molecule has 0 amide bonds. The molecule has 0 N–H and O–H groups in total. The van der Waals surface area contributed by atoms with E-state index in [4.69, 9.17) is 14.2 Å². The van der Waals surface area contributed by atoms with Gasteiger partial charge in [-0.3, -0.25) is 4.79 Å². The quantitative estimate of drug-likeness (QED) is 0.592. The van der Waals surface area contributed by atoms with Crippen LogP contribution in [0.5, 0.6) is 0 Å². The highest BCUT2D eigenvalue weighted by molar-refractivity contribution is 5.79. The van der Waals surface area contributed by atoms with Gasteiger partial charge in [0.2, 0.25) is 6.10 Å². The van der Waals surface area contributed by atoms with E-state index in [1.165, 1.54) is 7.11 Å². The highest BCUT2D eigenvalue weighted by Crippen LogP contribution is 2.38. The summed E-state index contributed by atoms with van der Waals surface area (Å²) in [6.45, 7) is 3.34. The van der Waals surface area contributed by atoms with E-state index in [1.807, 2.05) is 0 Å². The van der Waals surface area contributed by atoms with Gasteiger partial charge in [0.25, 0.3) is 6.29 Å². The van der Waals surface area contributed by atoms with Crippen LogP contribution in [0.15, 0.2) is 0 Å². The van der Waals surface area contributed by atoms with Crippen molar-refractivity contribution in [3.63, 3.8) is 0 Å². The molecular formula is C9H12O6. The van der Waals surface area contributed by atoms with Gasteiger partial charge in [-0.2, -0.15) is 0 Å². The van der Waals surface area contributed by atoms with E-state index in [1.54, 1.807) is 13.8 Å². The van der Waals surface area contributed by atoms with Crippen molar-refractivity contribution in [2.24, 2.45) is 5.41 Å². The summed E-state index contributed by atoms with van der Waals surface area (Å²) in [6.07, 6.45) is -3.06. The molecule has 0 aromatic heterocycles. The SMILES string of the molecule is CO[C@H]1[C@@H]2OC(=O)O[C@@H]2OC(=O)C1(C)C. The number of esters is 1. The monoisotopic (exact) mass is 216 g/mol. The summed E-state index contributed by atoms with van der Waals surface area (Å²) in [4.78, 5) is 22.5. The second-order valence-corrected chi connectivity index (χ2v) is 4.10. The van der Waals surface area contributed by atoms with Crippen LogP contribution in [0, 0.1) is 5.41 Å². The van der Waals surface area contributed by atoms with Gasteiger partial charge in [0.05, 0.1) is 5.41 Å². The van der Waals surface area contributed by atoms with E-state index in [-0.39, 0.29) is 0 Å². The van der Waals surface area contributed by atoms with Gasteiger partial charge in [-0.25, -0.2) is 4.79 Å². The predicted molar refractivity (Wildman–Crippen MR) is 45.8 cm³/mol. The van der Waals surface area contributed by atoms with Gasteiger partial charge in [-0.1, -0.05) is 0 Å². The molecule has 2 saturated heterocycles. The minimum absolute atomic E-state index is 0.464. The molecule has 0 aromatic carbocycles. The van der Waals surface area contributed by atoms with Gasteiger partial charge in [-0.05, 0) is 13.8 Å². The molecule has 0 aliphatic carbocycles. The Morgan fingerprint density at radius 1 is 1.20 bits per heavy atom. The maximum absolute atomic E-state index is 11.6. The van der Waals surface area contributed by atoms with Gasteiger partial charge in [0.15, 0.2) is 0 Å². The van der Waals surface area contributed by atoms with Crippen molar-refractivity contribution in [3.8, 4) is 0 Å². The maximum Gasteiger partial charge on any atom is 0.512 e. The largest absolute Gasteiger partial charge is 0.512 e. The molecule has 3 atom stereocenters. The lowest BCUT2D eigenvalue weighted by Crippen LogP contribution is -2.56. The Bertz CT molecular complexity index is 310. The number of hydrogen-bond acceptors (Lipinski definition) is 6. The Hall–Kier alpha value is -1.30. The number of carbonyl (C=O) groups is 2. The Morgan fingerprint density at radius 3 is 2.47 bits per heavy atom. The maximum atomic E-state index is 11.6. The van der Waals surface area contributed by atoms with Crippen LogP contribution < -0.4 is 0 Å². The Labute approximate surface area is 86.4 Å². The van der Waals surface area contributed by atoms with Crippen molar-refractivity contribution in [3.05, 3.63) is 0 Å². The molecule has 0 bridgehead atoms. The molecule has 2 heterocycles. The van der Waals surface area contributed by atoms with E-state index >= 15 is 0 Å². The molecule has 6 nitrogen and oxygen atoms in total. The lowest BCUT2D eigenvalue weighted by Gasteiger charge is -2.39. The van der Waals surface area contributed by atoms with E-state index in [0.29, 0.717) is 0 Å². The van der Waals surface area contributed by atoms with Crippen LogP contribution in [0.3, 0.4) is 0 Å². The second kappa shape index (κ2) is 3.10. The molecular weight excluding hydrogens is 204 g/mol. The number of ether oxygens (including phenoxy) is 4. The summed E-state index contributed by atoms with van der Waals surface area (Å²) in [5, 5.41) is 0. The lowest BCUT2D eigenvalue weighted by molar-refractivity contribution is -0.221. The third-order valence-electron chi connectivity index (χ3n) is 2.73. The zero-order valence-corrected chi connectivity index (χ0v) is 8.68. The van der Waals surface area contributed by atoms with E-state index in [2.05, 4.69) is 4.74 Å². The molecule has 0 aromatic rings. The van der Waals surface area contributed by atoms with Crippen LogP contribution in [0.4, 0.5) is 4.79 Å². The van der Waals surface area contributed by atoms with Gasteiger partial charge >= 0.3 is 12.1 Å². The zero-order valence-electron chi connectivity index (χ0n) is 8.68. The van der Waals surface area contributed by atoms with Crippen LogP contribution >= 0.6 is 0 Å². The molecule has 15 heavy (non-hydrogen) atoms. The summed E-state index contributed by atoms with van der Waals surface area (Å²) in [7, 11) is 1.45. The average molecular weight is 216 g/mol. The first kappa shape index (κ1) is 10.2. The topological polar surface area (TPSA) is 71.1 Å². The first-order valence-corrected chi connectivity index (χ1v) is 4.58. The normalized spacial score (nSPS) is 37.7. The van der Waals surface area contributed by atoms with Crippen molar-refractivity contribution < 1.29 is 28.5 Å². The Kier molecular flexibility index (Phi) is 2.11. The van der Waals surface area contributed by atoms with Gasteiger partial charge in [-0.15, -0.1) is 0 Å². The van der Waals surface area contributed by atoms with Crippen LogP contribution in [-0.4, -0.2) is 37.7 Å². The van der Waals surface area contributed by atoms with Gasteiger partial charge in [0, 0.05) is 7.11 Å².